The van der Waals surface area contributed by atoms with Crippen LogP contribution in [0.25, 0.3) is 11.2 Å². The third-order valence-corrected chi connectivity index (χ3v) is 5.29. The van der Waals surface area contributed by atoms with Gasteiger partial charge in [0, 0.05) is 36.6 Å². The van der Waals surface area contributed by atoms with E-state index in [9.17, 15) is 4.79 Å². The lowest BCUT2D eigenvalue weighted by molar-refractivity contribution is 0.0955. The van der Waals surface area contributed by atoms with Gasteiger partial charge in [0.05, 0.1) is 4.88 Å². The number of nitrogens with zero attached hydrogens (tertiary/aromatic N) is 2. The number of rotatable bonds is 4. The van der Waals surface area contributed by atoms with Crippen molar-refractivity contribution in [3.8, 4) is 0 Å². The van der Waals surface area contributed by atoms with Gasteiger partial charge in [-0.3, -0.25) is 4.79 Å². The first-order valence-electron chi connectivity index (χ1n) is 7.99. The Morgan fingerprint density at radius 1 is 1.33 bits per heavy atom. The van der Waals surface area contributed by atoms with E-state index in [1.807, 2.05) is 41.1 Å². The summed E-state index contributed by atoms with van der Waals surface area (Å²) < 4.78 is 1.95. The molecule has 0 spiro atoms. The van der Waals surface area contributed by atoms with Crippen molar-refractivity contribution >= 4 is 28.5 Å². The van der Waals surface area contributed by atoms with E-state index in [2.05, 4.69) is 21.7 Å². The number of hydrogen-bond donors (Lipinski definition) is 2. The lowest BCUT2D eigenvalue weighted by Crippen LogP contribution is -2.21. The van der Waals surface area contributed by atoms with Gasteiger partial charge in [-0.25, -0.2) is 4.98 Å². The standard InChI is InChI=1S/C18H18N4OS/c23-18(16-2-1-15(24-16)14-3-6-19-7-4-14)21-12-13-5-9-22-10-8-20-17(22)11-13/h1-3,5,8-11,19H,4,6-7,12H2,(H,21,23). The van der Waals surface area contributed by atoms with Gasteiger partial charge in [-0.15, -0.1) is 11.3 Å². The molecule has 122 valence electrons. The Kier molecular flexibility index (Phi) is 4.15. The highest BCUT2D eigenvalue weighted by Crippen LogP contribution is 2.27. The van der Waals surface area contributed by atoms with Crippen LogP contribution in [0.3, 0.4) is 0 Å². The first kappa shape index (κ1) is 15.1. The molecule has 0 radical (unpaired) electrons. The fourth-order valence-corrected chi connectivity index (χ4v) is 3.80. The summed E-state index contributed by atoms with van der Waals surface area (Å²) >= 11 is 1.56. The maximum atomic E-state index is 12.4. The van der Waals surface area contributed by atoms with Gasteiger partial charge in [0.15, 0.2) is 0 Å². The molecule has 3 aromatic rings. The van der Waals surface area contributed by atoms with E-state index >= 15 is 0 Å². The Labute approximate surface area is 144 Å². The molecule has 0 saturated carbocycles. The Morgan fingerprint density at radius 3 is 3.17 bits per heavy atom. The fourth-order valence-electron chi connectivity index (χ4n) is 2.81. The van der Waals surface area contributed by atoms with Crippen molar-refractivity contribution in [3.05, 3.63) is 64.2 Å². The van der Waals surface area contributed by atoms with Gasteiger partial charge in [-0.05, 0) is 48.4 Å². The minimum Gasteiger partial charge on any atom is -0.347 e. The number of carbonyl (C=O) groups is 1. The molecule has 1 amide bonds. The third kappa shape index (κ3) is 3.11. The predicted molar refractivity (Wildman–Crippen MR) is 96.1 cm³/mol. The number of hydrogen-bond acceptors (Lipinski definition) is 4. The molecule has 0 unspecified atom stereocenters. The molecule has 4 heterocycles. The molecule has 0 aromatic carbocycles. The second kappa shape index (κ2) is 6.59. The lowest BCUT2D eigenvalue weighted by Gasteiger charge is -2.12. The molecule has 2 N–H and O–H groups in total. The molecule has 5 nitrogen and oxygen atoms in total. The number of pyridine rings is 1. The second-order valence-corrected chi connectivity index (χ2v) is 6.84. The fraction of sp³-hybridized carbons (Fsp3) is 0.222. The first-order chi connectivity index (χ1) is 11.8. The summed E-state index contributed by atoms with van der Waals surface area (Å²) in [6, 6.07) is 7.94. The topological polar surface area (TPSA) is 58.4 Å². The van der Waals surface area contributed by atoms with Crippen molar-refractivity contribution in [3.63, 3.8) is 0 Å². The first-order valence-corrected chi connectivity index (χ1v) is 8.81. The van der Waals surface area contributed by atoms with E-state index in [1.54, 1.807) is 17.5 Å². The van der Waals surface area contributed by atoms with Crippen LogP contribution >= 0.6 is 11.3 Å². The van der Waals surface area contributed by atoms with E-state index in [0.717, 1.165) is 35.6 Å². The summed E-state index contributed by atoms with van der Waals surface area (Å²) in [4.78, 5) is 18.6. The predicted octanol–water partition coefficient (Wildman–Crippen LogP) is 2.70. The Balaban J connectivity index is 1.42. The zero-order valence-corrected chi connectivity index (χ0v) is 14.0. The van der Waals surface area contributed by atoms with Gasteiger partial charge in [0.25, 0.3) is 5.91 Å². The Bertz CT molecular complexity index is 909. The molecular weight excluding hydrogens is 320 g/mol. The molecule has 4 rings (SSSR count). The van der Waals surface area contributed by atoms with Crippen LogP contribution in [-0.2, 0) is 6.54 Å². The van der Waals surface area contributed by atoms with Crippen molar-refractivity contribution in [1.82, 2.24) is 20.0 Å². The van der Waals surface area contributed by atoms with Crippen LogP contribution in [0.15, 0.2) is 48.9 Å². The molecular formula is C18H18N4OS. The average molecular weight is 338 g/mol. The van der Waals surface area contributed by atoms with Crippen LogP contribution in [0.2, 0.25) is 0 Å². The summed E-state index contributed by atoms with van der Waals surface area (Å²) in [6.45, 7) is 2.41. The van der Waals surface area contributed by atoms with Crippen LogP contribution in [-0.4, -0.2) is 28.4 Å². The summed E-state index contributed by atoms with van der Waals surface area (Å²) in [5, 5.41) is 6.30. The van der Waals surface area contributed by atoms with Crippen LogP contribution in [0.4, 0.5) is 0 Å². The van der Waals surface area contributed by atoms with Crippen LogP contribution in [0.5, 0.6) is 0 Å². The van der Waals surface area contributed by atoms with Crippen molar-refractivity contribution in [1.29, 1.82) is 0 Å². The largest absolute Gasteiger partial charge is 0.347 e. The molecule has 24 heavy (non-hydrogen) atoms. The molecule has 0 saturated heterocycles. The van der Waals surface area contributed by atoms with E-state index < -0.39 is 0 Å². The van der Waals surface area contributed by atoms with Gasteiger partial charge in [0.1, 0.15) is 5.65 Å². The summed E-state index contributed by atoms with van der Waals surface area (Å²) in [6.07, 6.45) is 8.85. The number of fused-ring (bicyclic) bond motifs is 1. The zero-order valence-electron chi connectivity index (χ0n) is 13.2. The minimum atomic E-state index is -0.0241. The Morgan fingerprint density at radius 2 is 2.29 bits per heavy atom. The maximum Gasteiger partial charge on any atom is 0.261 e. The summed E-state index contributed by atoms with van der Waals surface area (Å²) in [5.41, 5.74) is 3.26. The van der Waals surface area contributed by atoms with Gasteiger partial charge in [0.2, 0.25) is 0 Å². The smallest absolute Gasteiger partial charge is 0.261 e. The number of nitrogens with one attached hydrogen (secondary N) is 2. The molecule has 1 aliphatic heterocycles. The van der Waals surface area contributed by atoms with Crippen molar-refractivity contribution < 1.29 is 4.79 Å². The quantitative estimate of drug-likeness (QED) is 0.769. The van der Waals surface area contributed by atoms with Crippen molar-refractivity contribution in [2.45, 2.75) is 13.0 Å². The minimum absolute atomic E-state index is 0.0241. The van der Waals surface area contributed by atoms with Crippen molar-refractivity contribution in [2.24, 2.45) is 0 Å². The van der Waals surface area contributed by atoms with E-state index in [4.69, 9.17) is 0 Å². The van der Waals surface area contributed by atoms with Gasteiger partial charge < -0.3 is 15.0 Å². The van der Waals surface area contributed by atoms with Gasteiger partial charge in [-0.1, -0.05) is 6.08 Å². The molecule has 3 aromatic heterocycles. The Hall–Kier alpha value is -2.44. The molecule has 1 aliphatic rings. The van der Waals surface area contributed by atoms with E-state index in [1.165, 1.54) is 10.5 Å². The second-order valence-electron chi connectivity index (χ2n) is 5.76. The molecule has 0 aliphatic carbocycles. The highest BCUT2D eigenvalue weighted by atomic mass is 32.1. The highest BCUT2D eigenvalue weighted by molar-refractivity contribution is 7.15. The zero-order chi connectivity index (χ0) is 16.4. The third-order valence-electron chi connectivity index (χ3n) is 4.13. The van der Waals surface area contributed by atoms with Gasteiger partial charge >= 0.3 is 0 Å². The van der Waals surface area contributed by atoms with Crippen LogP contribution in [0, 0.1) is 0 Å². The van der Waals surface area contributed by atoms with Gasteiger partial charge in [-0.2, -0.15) is 0 Å². The monoisotopic (exact) mass is 338 g/mol. The van der Waals surface area contributed by atoms with E-state index in [-0.39, 0.29) is 5.91 Å². The number of imidazole rings is 1. The lowest BCUT2D eigenvalue weighted by atomic mass is 10.1. The summed E-state index contributed by atoms with van der Waals surface area (Å²) in [7, 11) is 0. The molecule has 0 bridgehead atoms. The molecule has 0 fully saturated rings. The summed E-state index contributed by atoms with van der Waals surface area (Å²) in [5.74, 6) is -0.0241. The average Bonchev–Trinajstić information content (AvgIpc) is 3.29. The SMILES string of the molecule is O=C(NCc1ccn2ccnc2c1)c1ccc(C2=CCNCC2)s1. The maximum absolute atomic E-state index is 12.4. The van der Waals surface area contributed by atoms with Crippen molar-refractivity contribution in [2.75, 3.05) is 13.1 Å². The van der Waals surface area contributed by atoms with Crippen LogP contribution < -0.4 is 10.6 Å². The normalized spacial score (nSPS) is 14.6. The number of thiophene rings is 1. The molecule has 6 heteroatoms. The van der Waals surface area contributed by atoms with E-state index in [0.29, 0.717) is 6.54 Å². The molecule has 0 atom stereocenters. The number of carbonyl (C=O) groups excluding carboxylic acids is 1. The number of aromatic nitrogens is 2. The number of amides is 1. The van der Waals surface area contributed by atoms with Crippen LogP contribution in [0.1, 0.15) is 26.5 Å². The highest BCUT2D eigenvalue weighted by Gasteiger charge is 2.13.